The van der Waals surface area contributed by atoms with Gasteiger partial charge in [-0.25, -0.2) is 0 Å². The number of ketones is 3. The highest BCUT2D eigenvalue weighted by atomic mass is 35.5. The molecule has 322 valence electrons. The largest absolute Gasteiger partial charge is 1.00 e. The van der Waals surface area contributed by atoms with Crippen molar-refractivity contribution in [3.8, 4) is 0 Å². The van der Waals surface area contributed by atoms with Crippen molar-refractivity contribution in [3.05, 3.63) is 0 Å². The number of Topliss-reactive ketones (excluding diaryl/α,β-unsaturated/α-hetero) is 3. The van der Waals surface area contributed by atoms with Crippen LogP contribution in [0.1, 0.15) is 273 Å². The predicted molar refractivity (Wildman–Crippen MR) is 233 cm³/mol. The van der Waals surface area contributed by atoms with Gasteiger partial charge in [0.1, 0.15) is 0 Å². The third-order valence-electron chi connectivity index (χ3n) is 12.3. The van der Waals surface area contributed by atoms with E-state index in [2.05, 4.69) is 41.5 Å². The fourth-order valence-electron chi connectivity index (χ4n) is 8.89. The molecular formula is C49H96ClNO3. The smallest absolute Gasteiger partial charge is 0.275 e. The number of nitrogens with zero attached hydrogens (tertiary/aromatic N) is 1. The molecular weight excluding hydrogens is 686 g/mol. The molecule has 0 amide bonds. The first-order valence-corrected chi connectivity index (χ1v) is 24.3. The highest BCUT2D eigenvalue weighted by molar-refractivity contribution is 6.28. The zero-order valence-electron chi connectivity index (χ0n) is 37.6. The Labute approximate surface area is 345 Å². The molecule has 0 aliphatic carbocycles. The third-order valence-corrected chi connectivity index (χ3v) is 12.3. The van der Waals surface area contributed by atoms with Crippen molar-refractivity contribution >= 4 is 17.3 Å². The lowest BCUT2D eigenvalue weighted by Crippen LogP contribution is -3.00. The van der Waals surface area contributed by atoms with Crippen molar-refractivity contribution in [1.29, 1.82) is 0 Å². The zero-order chi connectivity index (χ0) is 39.3. The lowest BCUT2D eigenvalue weighted by Gasteiger charge is -2.51. The Hall–Kier alpha value is -0.740. The maximum absolute atomic E-state index is 15.4. The molecule has 54 heavy (non-hydrogen) atoms. The van der Waals surface area contributed by atoms with Gasteiger partial charge in [-0.2, -0.15) is 0 Å². The first kappa shape index (κ1) is 55.4. The summed E-state index contributed by atoms with van der Waals surface area (Å²) in [4.78, 5) is 46.1. The maximum Gasteiger partial charge on any atom is 0.275 e. The molecule has 0 bridgehead atoms. The summed E-state index contributed by atoms with van der Waals surface area (Å²) in [5, 5.41) is 0. The van der Waals surface area contributed by atoms with E-state index in [9.17, 15) is 0 Å². The van der Waals surface area contributed by atoms with Crippen LogP contribution in [0.2, 0.25) is 0 Å². The second-order valence-corrected chi connectivity index (χ2v) is 17.1. The molecule has 0 atom stereocenters. The lowest BCUT2D eigenvalue weighted by molar-refractivity contribution is -0.949. The summed E-state index contributed by atoms with van der Waals surface area (Å²) in [6, 6.07) is 0. The number of quaternary nitrogens is 1. The maximum atomic E-state index is 15.4. The van der Waals surface area contributed by atoms with E-state index in [1.165, 1.54) is 116 Å². The van der Waals surface area contributed by atoms with Crippen LogP contribution in [0.25, 0.3) is 0 Å². The molecule has 0 rings (SSSR count). The van der Waals surface area contributed by atoms with Crippen LogP contribution < -0.4 is 12.4 Å². The Bertz CT molecular complexity index is 753. The molecule has 0 unspecified atom stereocenters. The highest BCUT2D eigenvalue weighted by Gasteiger charge is 2.64. The summed E-state index contributed by atoms with van der Waals surface area (Å²) in [6.07, 6.45) is 38.3. The summed E-state index contributed by atoms with van der Waals surface area (Å²) in [7, 11) is 0. The molecule has 5 heteroatoms. The van der Waals surface area contributed by atoms with Gasteiger partial charge in [0.15, 0.2) is 0 Å². The van der Waals surface area contributed by atoms with Crippen LogP contribution in [0.5, 0.6) is 0 Å². The normalized spacial score (nSPS) is 11.9. The molecule has 0 aromatic heterocycles. The molecule has 0 aromatic carbocycles. The minimum absolute atomic E-state index is 0. The second-order valence-electron chi connectivity index (χ2n) is 17.1. The fraction of sp³-hybridized carbons (Fsp3) is 0.939. The van der Waals surface area contributed by atoms with Crippen LogP contribution in [0.3, 0.4) is 0 Å². The standard InChI is InChI=1S/C49H96NO3.ClH/c1-7-13-19-25-31-37-43-50(44-38-32-26-20-14-8-2,45-39-33-27-21-15-9-3)49(46(51)40-34-28-22-16-10-4,47(52)41-35-29-23-17-11-5)48(53)42-36-30-24-18-12-6;/h7-45H2,1-6H3;1H/q+1;/p-1. The average molecular weight is 783 g/mol. The van der Waals surface area contributed by atoms with E-state index in [1.54, 1.807) is 0 Å². The van der Waals surface area contributed by atoms with Crippen LogP contribution >= 0.6 is 0 Å². The number of carbonyl (C=O) groups excluding carboxylic acids is 3. The van der Waals surface area contributed by atoms with Crippen LogP contribution in [-0.4, -0.2) is 47.0 Å². The second kappa shape index (κ2) is 39.1. The molecule has 0 N–H and O–H groups in total. The number of carbonyl (C=O) groups is 3. The molecule has 0 saturated carbocycles. The van der Waals surface area contributed by atoms with Crippen molar-refractivity contribution in [2.24, 2.45) is 0 Å². The van der Waals surface area contributed by atoms with E-state index < -0.39 is 5.54 Å². The van der Waals surface area contributed by atoms with E-state index in [1.807, 2.05) is 0 Å². The summed E-state index contributed by atoms with van der Waals surface area (Å²) in [6.45, 7) is 15.9. The van der Waals surface area contributed by atoms with Gasteiger partial charge in [-0.15, -0.1) is 0 Å². The van der Waals surface area contributed by atoms with E-state index in [-0.39, 0.29) is 29.8 Å². The van der Waals surface area contributed by atoms with E-state index >= 15 is 14.4 Å². The number of hydrogen-bond donors (Lipinski definition) is 0. The first-order valence-electron chi connectivity index (χ1n) is 24.3. The van der Waals surface area contributed by atoms with Crippen LogP contribution in [0.15, 0.2) is 0 Å². The number of halogens is 1. The van der Waals surface area contributed by atoms with Gasteiger partial charge in [0.2, 0.25) is 17.3 Å². The minimum Gasteiger partial charge on any atom is -1.00 e. The Morgan fingerprint density at radius 2 is 0.481 bits per heavy atom. The first-order chi connectivity index (χ1) is 25.9. The summed E-state index contributed by atoms with van der Waals surface area (Å²) in [5.74, 6) is 0.0252. The summed E-state index contributed by atoms with van der Waals surface area (Å²) in [5.41, 5.74) is -1.52. The van der Waals surface area contributed by atoms with Crippen molar-refractivity contribution in [3.63, 3.8) is 0 Å². The third kappa shape index (κ3) is 23.5. The van der Waals surface area contributed by atoms with Gasteiger partial charge in [0.05, 0.1) is 19.6 Å². The van der Waals surface area contributed by atoms with Gasteiger partial charge in [-0.1, -0.05) is 196 Å². The fourth-order valence-corrected chi connectivity index (χ4v) is 8.89. The molecule has 4 nitrogen and oxygen atoms in total. The average Bonchev–Trinajstić information content (AvgIpc) is 3.15. The Morgan fingerprint density at radius 1 is 0.296 bits per heavy atom. The molecule has 0 aliphatic heterocycles. The number of rotatable bonds is 43. The van der Waals surface area contributed by atoms with Crippen LogP contribution in [0, 0.1) is 0 Å². The minimum atomic E-state index is -1.52. The van der Waals surface area contributed by atoms with E-state index in [0.717, 1.165) is 116 Å². The molecule has 0 heterocycles. The van der Waals surface area contributed by atoms with Crippen LogP contribution in [-0.2, 0) is 14.4 Å². The molecule has 0 saturated heterocycles. The molecule has 0 spiro atoms. The van der Waals surface area contributed by atoms with Crippen molar-refractivity contribution in [2.45, 2.75) is 278 Å². The van der Waals surface area contributed by atoms with E-state index in [4.69, 9.17) is 0 Å². The Balaban J connectivity index is 0. The monoisotopic (exact) mass is 782 g/mol. The lowest BCUT2D eigenvalue weighted by atomic mass is 9.74. The molecule has 0 aliphatic rings. The van der Waals surface area contributed by atoms with Crippen molar-refractivity contribution < 1.29 is 31.3 Å². The van der Waals surface area contributed by atoms with Crippen molar-refractivity contribution in [2.75, 3.05) is 19.6 Å². The highest BCUT2D eigenvalue weighted by Crippen LogP contribution is 2.37. The van der Waals surface area contributed by atoms with Crippen LogP contribution in [0.4, 0.5) is 0 Å². The predicted octanol–water partition coefficient (Wildman–Crippen LogP) is 12.4. The van der Waals surface area contributed by atoms with Gasteiger partial charge in [-0.3, -0.25) is 18.9 Å². The molecule has 0 aromatic rings. The molecule has 0 fully saturated rings. The van der Waals surface area contributed by atoms with Gasteiger partial charge in [-0.05, 0) is 57.8 Å². The van der Waals surface area contributed by atoms with Gasteiger partial charge in [0, 0.05) is 19.3 Å². The number of hydrogen-bond acceptors (Lipinski definition) is 3. The Kier molecular flexibility index (Phi) is 40.1. The summed E-state index contributed by atoms with van der Waals surface area (Å²) < 4.78 is 0.442. The van der Waals surface area contributed by atoms with E-state index in [0.29, 0.717) is 23.7 Å². The summed E-state index contributed by atoms with van der Waals surface area (Å²) >= 11 is 0. The SMILES string of the molecule is CCCCCCCC[N+](CCCCCCCC)(CCCCCCCC)C(C(=O)CCCCCCC)(C(=O)CCCCCCC)C(=O)CCCCCCC.[Cl-]. The van der Waals surface area contributed by atoms with Gasteiger partial charge >= 0.3 is 0 Å². The molecule has 0 radical (unpaired) electrons. The topological polar surface area (TPSA) is 51.2 Å². The number of unbranched alkanes of at least 4 members (excludes halogenated alkanes) is 27. The Morgan fingerprint density at radius 3 is 0.704 bits per heavy atom. The van der Waals surface area contributed by atoms with Crippen molar-refractivity contribution in [1.82, 2.24) is 0 Å². The quantitative estimate of drug-likeness (QED) is 0.0352. The van der Waals surface area contributed by atoms with Gasteiger partial charge in [0.25, 0.3) is 5.54 Å². The van der Waals surface area contributed by atoms with Gasteiger partial charge < -0.3 is 12.4 Å². The zero-order valence-corrected chi connectivity index (χ0v) is 38.4.